The Morgan fingerprint density at radius 3 is 2.24 bits per heavy atom. The summed E-state index contributed by atoms with van der Waals surface area (Å²) in [5.41, 5.74) is 0.728. The van der Waals surface area contributed by atoms with Crippen LogP contribution in [-0.2, 0) is 0 Å². The molecule has 1 amide bonds. The molecule has 5 heteroatoms. The van der Waals surface area contributed by atoms with E-state index in [0.717, 1.165) is 42.7 Å². The lowest BCUT2D eigenvalue weighted by molar-refractivity contribution is 0.0359. The smallest absolute Gasteiger partial charge is 0.254 e. The summed E-state index contributed by atoms with van der Waals surface area (Å²) >= 11 is 0. The van der Waals surface area contributed by atoms with E-state index >= 15 is 0 Å². The van der Waals surface area contributed by atoms with Crippen molar-refractivity contribution in [3.8, 4) is 11.5 Å². The summed E-state index contributed by atoms with van der Waals surface area (Å²) < 4.78 is 11.3. The lowest BCUT2D eigenvalue weighted by Crippen LogP contribution is -2.49. The van der Waals surface area contributed by atoms with Gasteiger partial charge in [-0.3, -0.25) is 9.78 Å². The third kappa shape index (κ3) is 3.18. The Kier molecular flexibility index (Phi) is 4.30. The van der Waals surface area contributed by atoms with Gasteiger partial charge in [0.05, 0.1) is 7.11 Å². The molecule has 2 aliphatic heterocycles. The van der Waals surface area contributed by atoms with Gasteiger partial charge in [-0.1, -0.05) is 0 Å². The Morgan fingerprint density at radius 2 is 1.64 bits per heavy atom. The van der Waals surface area contributed by atoms with E-state index in [2.05, 4.69) is 9.88 Å². The second-order valence-corrected chi connectivity index (χ2v) is 6.72. The first kappa shape index (κ1) is 15.9. The van der Waals surface area contributed by atoms with E-state index in [1.165, 1.54) is 0 Å². The largest absolute Gasteiger partial charge is 0.497 e. The molecule has 1 aromatic heterocycles. The summed E-state index contributed by atoms with van der Waals surface area (Å²) in [6, 6.07) is 11.7. The van der Waals surface area contributed by atoms with E-state index in [0.29, 0.717) is 0 Å². The van der Waals surface area contributed by atoms with Gasteiger partial charge in [0.1, 0.15) is 17.6 Å². The van der Waals surface area contributed by atoms with E-state index in [4.69, 9.17) is 9.47 Å². The molecule has 2 bridgehead atoms. The van der Waals surface area contributed by atoms with Crippen LogP contribution >= 0.6 is 0 Å². The van der Waals surface area contributed by atoms with Crippen molar-refractivity contribution in [1.29, 1.82) is 0 Å². The fourth-order valence-electron chi connectivity index (χ4n) is 4.05. The fraction of sp³-hybridized carbons (Fsp3) is 0.400. The van der Waals surface area contributed by atoms with Crippen LogP contribution in [0.3, 0.4) is 0 Å². The Morgan fingerprint density at radius 1 is 1.00 bits per heavy atom. The summed E-state index contributed by atoms with van der Waals surface area (Å²) in [5.74, 6) is 1.75. The van der Waals surface area contributed by atoms with E-state index < -0.39 is 0 Å². The molecule has 2 aromatic rings. The van der Waals surface area contributed by atoms with Crippen LogP contribution in [0.2, 0.25) is 0 Å². The second kappa shape index (κ2) is 6.75. The molecular weight excluding hydrogens is 316 g/mol. The van der Waals surface area contributed by atoms with E-state index in [1.807, 2.05) is 36.4 Å². The Hall–Kier alpha value is -2.56. The monoisotopic (exact) mass is 338 g/mol. The molecule has 1 aromatic carbocycles. The first-order valence-corrected chi connectivity index (χ1v) is 8.78. The minimum Gasteiger partial charge on any atom is -0.497 e. The molecule has 0 radical (unpaired) electrons. The molecule has 2 aliphatic rings. The van der Waals surface area contributed by atoms with E-state index in [9.17, 15) is 4.79 Å². The van der Waals surface area contributed by atoms with Crippen molar-refractivity contribution in [3.63, 3.8) is 0 Å². The van der Waals surface area contributed by atoms with Gasteiger partial charge in [0, 0.05) is 42.9 Å². The highest BCUT2D eigenvalue weighted by Crippen LogP contribution is 2.38. The molecule has 0 N–H and O–H groups in total. The average Bonchev–Trinajstić information content (AvgIpc) is 2.92. The molecule has 2 fully saturated rings. The number of benzene rings is 1. The van der Waals surface area contributed by atoms with Gasteiger partial charge < -0.3 is 14.4 Å². The average molecular weight is 338 g/mol. The predicted molar refractivity (Wildman–Crippen MR) is 93.9 cm³/mol. The van der Waals surface area contributed by atoms with Crippen molar-refractivity contribution in [3.05, 3.63) is 54.4 Å². The van der Waals surface area contributed by atoms with Crippen molar-refractivity contribution in [1.82, 2.24) is 9.88 Å². The zero-order valence-electron chi connectivity index (χ0n) is 14.3. The van der Waals surface area contributed by atoms with Crippen molar-refractivity contribution in [2.45, 2.75) is 43.9 Å². The molecule has 2 saturated heterocycles. The Balaban J connectivity index is 1.45. The van der Waals surface area contributed by atoms with Crippen LogP contribution in [0, 0.1) is 0 Å². The highest BCUT2D eigenvalue weighted by molar-refractivity contribution is 5.95. The standard InChI is InChI=1S/C20H22N2O3/c1-24-17-6-2-14(3-7-17)20(23)22-15-4-5-16(22)13-19(12-15)25-18-8-10-21-11-9-18/h2-3,6-11,15-16,19H,4-5,12-13H2,1H3. The van der Waals surface area contributed by atoms with Crippen LogP contribution < -0.4 is 9.47 Å². The number of rotatable bonds is 4. The van der Waals surface area contributed by atoms with Gasteiger partial charge in [-0.25, -0.2) is 0 Å². The number of fused-ring (bicyclic) bond motifs is 2. The van der Waals surface area contributed by atoms with Crippen molar-refractivity contribution in [2.24, 2.45) is 0 Å². The van der Waals surface area contributed by atoms with Crippen LogP contribution in [0.1, 0.15) is 36.0 Å². The van der Waals surface area contributed by atoms with Crippen LogP contribution in [-0.4, -0.2) is 41.1 Å². The number of ether oxygens (including phenoxy) is 2. The van der Waals surface area contributed by atoms with Crippen molar-refractivity contribution in [2.75, 3.05) is 7.11 Å². The molecule has 0 spiro atoms. The summed E-state index contributed by atoms with van der Waals surface area (Å²) in [7, 11) is 1.63. The predicted octanol–water partition coefficient (Wildman–Crippen LogP) is 3.30. The number of hydrogen-bond donors (Lipinski definition) is 0. The van der Waals surface area contributed by atoms with Crippen LogP contribution in [0.15, 0.2) is 48.8 Å². The van der Waals surface area contributed by atoms with Gasteiger partial charge in [0.25, 0.3) is 5.91 Å². The number of methoxy groups -OCH3 is 1. The highest BCUT2D eigenvalue weighted by atomic mass is 16.5. The molecule has 2 atom stereocenters. The number of nitrogens with zero attached hydrogens (tertiary/aromatic N) is 2. The van der Waals surface area contributed by atoms with Gasteiger partial charge in [-0.05, 0) is 49.2 Å². The summed E-state index contributed by atoms with van der Waals surface area (Å²) in [6.07, 6.45) is 7.55. The lowest BCUT2D eigenvalue weighted by Gasteiger charge is -2.39. The Bertz CT molecular complexity index is 718. The minimum atomic E-state index is 0.123. The molecule has 3 heterocycles. The van der Waals surface area contributed by atoms with Crippen molar-refractivity contribution < 1.29 is 14.3 Å². The van der Waals surface area contributed by atoms with Gasteiger partial charge in [0.2, 0.25) is 0 Å². The van der Waals surface area contributed by atoms with Crippen LogP contribution in [0.25, 0.3) is 0 Å². The maximum Gasteiger partial charge on any atom is 0.254 e. The van der Waals surface area contributed by atoms with Gasteiger partial charge in [-0.2, -0.15) is 0 Å². The van der Waals surface area contributed by atoms with Gasteiger partial charge >= 0.3 is 0 Å². The SMILES string of the molecule is COc1ccc(C(=O)N2C3CCC2CC(Oc2ccncc2)C3)cc1. The number of aromatic nitrogens is 1. The van der Waals surface area contributed by atoms with E-state index in [1.54, 1.807) is 19.5 Å². The normalized spacial score (nSPS) is 24.8. The third-order valence-electron chi connectivity index (χ3n) is 5.21. The van der Waals surface area contributed by atoms with Crippen LogP contribution in [0.4, 0.5) is 0 Å². The number of carbonyl (C=O) groups is 1. The van der Waals surface area contributed by atoms with Crippen LogP contribution in [0.5, 0.6) is 11.5 Å². The molecule has 5 nitrogen and oxygen atoms in total. The molecule has 25 heavy (non-hydrogen) atoms. The lowest BCUT2D eigenvalue weighted by atomic mass is 9.98. The zero-order valence-corrected chi connectivity index (χ0v) is 14.3. The van der Waals surface area contributed by atoms with Gasteiger partial charge in [0.15, 0.2) is 0 Å². The number of carbonyl (C=O) groups excluding carboxylic acids is 1. The number of piperidine rings is 1. The first-order valence-electron chi connectivity index (χ1n) is 8.78. The van der Waals surface area contributed by atoms with Gasteiger partial charge in [-0.15, -0.1) is 0 Å². The summed E-state index contributed by atoms with van der Waals surface area (Å²) in [4.78, 5) is 19.1. The Labute approximate surface area is 147 Å². The molecule has 0 aliphatic carbocycles. The molecule has 4 rings (SSSR count). The third-order valence-corrected chi connectivity index (χ3v) is 5.21. The summed E-state index contributed by atoms with van der Waals surface area (Å²) in [5, 5.41) is 0. The van der Waals surface area contributed by atoms with Crippen molar-refractivity contribution >= 4 is 5.91 Å². The molecular formula is C20H22N2O3. The summed E-state index contributed by atoms with van der Waals surface area (Å²) in [6.45, 7) is 0. The first-order chi connectivity index (χ1) is 12.2. The molecule has 0 saturated carbocycles. The second-order valence-electron chi connectivity index (χ2n) is 6.72. The molecule has 2 unspecified atom stereocenters. The number of hydrogen-bond acceptors (Lipinski definition) is 4. The highest BCUT2D eigenvalue weighted by Gasteiger charge is 2.44. The van der Waals surface area contributed by atoms with E-state index in [-0.39, 0.29) is 24.1 Å². The number of pyridine rings is 1. The maximum atomic E-state index is 13.0. The quantitative estimate of drug-likeness (QED) is 0.858. The fourth-order valence-corrected chi connectivity index (χ4v) is 4.05. The molecule has 130 valence electrons. The topological polar surface area (TPSA) is 51.7 Å². The zero-order chi connectivity index (χ0) is 17.2. The minimum absolute atomic E-state index is 0.123. The number of amides is 1. The maximum absolute atomic E-state index is 13.0.